The van der Waals surface area contributed by atoms with E-state index >= 15 is 0 Å². The third-order valence-electron chi connectivity index (χ3n) is 6.58. The van der Waals surface area contributed by atoms with Gasteiger partial charge in [0.1, 0.15) is 5.82 Å². The number of nitrogens with zero attached hydrogens (tertiary/aromatic N) is 3. The molecule has 1 atom stereocenters. The number of carbonyl (C=O) groups excluding carboxylic acids is 1. The van der Waals surface area contributed by atoms with Crippen LogP contribution in [0.4, 0.5) is 5.82 Å². The molecule has 0 aromatic carbocycles. The van der Waals surface area contributed by atoms with Crippen molar-refractivity contribution in [2.24, 2.45) is 5.41 Å². The number of nitrogens with one attached hydrogen (secondary N) is 2. The van der Waals surface area contributed by atoms with Crippen LogP contribution in [0.3, 0.4) is 0 Å². The Kier molecular flexibility index (Phi) is 3.77. The van der Waals surface area contributed by atoms with Crippen molar-refractivity contribution in [1.29, 1.82) is 0 Å². The lowest BCUT2D eigenvalue weighted by atomic mass is 9.74. The van der Waals surface area contributed by atoms with Crippen LogP contribution in [0.5, 0.6) is 0 Å². The Hall–Kier alpha value is -2.50. The van der Waals surface area contributed by atoms with Gasteiger partial charge in [0.15, 0.2) is 11.6 Å². The van der Waals surface area contributed by atoms with Crippen molar-refractivity contribution in [3.05, 3.63) is 46.8 Å². The van der Waals surface area contributed by atoms with Crippen molar-refractivity contribution in [2.45, 2.75) is 70.6 Å². The fourth-order valence-corrected chi connectivity index (χ4v) is 4.79. The van der Waals surface area contributed by atoms with Crippen molar-refractivity contribution < 1.29 is 4.79 Å². The standard InChI is InChI=1S/C22H27N5O/c1-21(2)8-7-15-14(16(28)12-21)11-22(3,20-23-9-4-10-24-20)17-18(13-5-6-13)26-27-19(17)25-15/h4,9-10,13H,5-8,11-12H2,1-3H3,(H2,25,26,27). The molecule has 0 amide bonds. The van der Waals surface area contributed by atoms with E-state index in [9.17, 15) is 4.79 Å². The van der Waals surface area contributed by atoms with E-state index in [0.717, 1.165) is 41.3 Å². The van der Waals surface area contributed by atoms with Crippen molar-refractivity contribution in [3.63, 3.8) is 0 Å². The number of ketones is 1. The fourth-order valence-electron chi connectivity index (χ4n) is 4.79. The molecule has 1 unspecified atom stereocenters. The minimum atomic E-state index is -0.490. The predicted octanol–water partition coefficient (Wildman–Crippen LogP) is 4.23. The molecule has 3 heterocycles. The van der Waals surface area contributed by atoms with Crippen molar-refractivity contribution in [3.8, 4) is 0 Å². The summed E-state index contributed by atoms with van der Waals surface area (Å²) in [5.41, 5.74) is 3.78. The van der Waals surface area contributed by atoms with E-state index in [1.54, 1.807) is 12.4 Å². The second kappa shape index (κ2) is 6.00. The normalized spacial score (nSPS) is 26.8. The molecule has 5 rings (SSSR count). The topological polar surface area (TPSA) is 83.6 Å². The molecule has 3 aliphatic rings. The zero-order chi connectivity index (χ0) is 19.5. The largest absolute Gasteiger partial charge is 0.342 e. The summed E-state index contributed by atoms with van der Waals surface area (Å²) in [6, 6.07) is 1.84. The highest BCUT2D eigenvalue weighted by Crippen LogP contribution is 2.51. The molecule has 2 aromatic heterocycles. The number of Topliss-reactive ketones (excluding diaryl/α,β-unsaturated/α-hetero) is 1. The predicted molar refractivity (Wildman–Crippen MR) is 107 cm³/mol. The van der Waals surface area contributed by atoms with Gasteiger partial charge in [-0.15, -0.1) is 0 Å². The first-order valence-corrected chi connectivity index (χ1v) is 10.3. The number of hydrogen-bond acceptors (Lipinski definition) is 5. The molecule has 0 bridgehead atoms. The zero-order valence-electron chi connectivity index (χ0n) is 16.8. The van der Waals surface area contributed by atoms with Crippen LogP contribution in [0.25, 0.3) is 0 Å². The average molecular weight is 377 g/mol. The van der Waals surface area contributed by atoms with E-state index < -0.39 is 5.41 Å². The van der Waals surface area contributed by atoms with Gasteiger partial charge in [-0.3, -0.25) is 9.89 Å². The molecule has 0 saturated heterocycles. The molecule has 2 aliphatic carbocycles. The van der Waals surface area contributed by atoms with E-state index in [0.29, 0.717) is 18.8 Å². The molecule has 2 aromatic rings. The summed E-state index contributed by atoms with van der Waals surface area (Å²) in [7, 11) is 0. The van der Waals surface area contributed by atoms with Crippen LogP contribution in [-0.2, 0) is 10.2 Å². The molecule has 1 aliphatic heterocycles. The van der Waals surface area contributed by atoms with Crippen LogP contribution in [0.1, 0.15) is 82.3 Å². The van der Waals surface area contributed by atoms with Gasteiger partial charge >= 0.3 is 0 Å². The minimum absolute atomic E-state index is 0.0121. The average Bonchev–Trinajstić information content (AvgIpc) is 3.45. The number of hydrogen-bond donors (Lipinski definition) is 2. The van der Waals surface area contributed by atoms with Crippen LogP contribution >= 0.6 is 0 Å². The lowest BCUT2D eigenvalue weighted by molar-refractivity contribution is -0.117. The summed E-state index contributed by atoms with van der Waals surface area (Å²) in [6.45, 7) is 6.54. The summed E-state index contributed by atoms with van der Waals surface area (Å²) in [5, 5.41) is 11.5. The lowest BCUT2D eigenvalue weighted by Gasteiger charge is -2.29. The van der Waals surface area contributed by atoms with E-state index in [2.05, 4.69) is 46.3 Å². The fraction of sp³-hybridized carbons (Fsp3) is 0.545. The zero-order valence-corrected chi connectivity index (χ0v) is 16.8. The van der Waals surface area contributed by atoms with Gasteiger partial charge < -0.3 is 5.32 Å². The van der Waals surface area contributed by atoms with Gasteiger partial charge in [0, 0.05) is 47.3 Å². The number of aromatic amines is 1. The Balaban J connectivity index is 1.69. The highest BCUT2D eigenvalue weighted by atomic mass is 16.1. The Morgan fingerprint density at radius 2 is 1.86 bits per heavy atom. The summed E-state index contributed by atoms with van der Waals surface area (Å²) >= 11 is 0. The first-order valence-electron chi connectivity index (χ1n) is 10.3. The van der Waals surface area contributed by atoms with Crippen molar-refractivity contribution >= 4 is 11.6 Å². The minimum Gasteiger partial charge on any atom is -0.342 e. The number of allylic oxidation sites excluding steroid dienone is 2. The molecule has 146 valence electrons. The first-order chi connectivity index (χ1) is 13.4. The molecular weight excluding hydrogens is 350 g/mol. The molecule has 1 fully saturated rings. The van der Waals surface area contributed by atoms with Gasteiger partial charge in [-0.1, -0.05) is 13.8 Å². The maximum Gasteiger partial charge on any atom is 0.161 e. The highest BCUT2D eigenvalue weighted by Gasteiger charge is 2.46. The Morgan fingerprint density at radius 3 is 2.57 bits per heavy atom. The van der Waals surface area contributed by atoms with Crippen LogP contribution in [0.15, 0.2) is 29.7 Å². The van der Waals surface area contributed by atoms with E-state index in [1.165, 1.54) is 18.5 Å². The molecule has 1 saturated carbocycles. The summed E-state index contributed by atoms with van der Waals surface area (Å²) in [6.07, 6.45) is 8.98. The van der Waals surface area contributed by atoms with Crippen molar-refractivity contribution in [2.75, 3.05) is 5.32 Å². The molecule has 28 heavy (non-hydrogen) atoms. The van der Waals surface area contributed by atoms with Crippen LogP contribution in [0.2, 0.25) is 0 Å². The quantitative estimate of drug-likeness (QED) is 0.818. The molecule has 0 spiro atoms. The third-order valence-corrected chi connectivity index (χ3v) is 6.58. The molecular formula is C22H27N5O. The lowest BCUT2D eigenvalue weighted by Crippen LogP contribution is -2.29. The molecule has 2 N–H and O–H groups in total. The maximum atomic E-state index is 13.3. The van der Waals surface area contributed by atoms with Crippen LogP contribution in [0, 0.1) is 5.41 Å². The summed E-state index contributed by atoms with van der Waals surface area (Å²) < 4.78 is 0. The number of aromatic nitrogens is 4. The number of rotatable bonds is 2. The summed E-state index contributed by atoms with van der Waals surface area (Å²) in [4.78, 5) is 22.5. The van der Waals surface area contributed by atoms with E-state index in [4.69, 9.17) is 0 Å². The van der Waals surface area contributed by atoms with E-state index in [-0.39, 0.29) is 11.2 Å². The SMILES string of the molecule is CC1(C)CCC2=C(CC(C)(c3ncccn3)c3c(n[nH]c3C3CC3)N2)C(=O)C1. The Morgan fingerprint density at radius 1 is 1.11 bits per heavy atom. The molecule has 0 radical (unpaired) electrons. The second-order valence-electron chi connectivity index (χ2n) is 9.56. The first kappa shape index (κ1) is 17.6. The van der Waals surface area contributed by atoms with Gasteiger partial charge in [0.25, 0.3) is 0 Å². The molecule has 6 heteroatoms. The monoisotopic (exact) mass is 377 g/mol. The second-order valence-corrected chi connectivity index (χ2v) is 9.56. The number of anilines is 1. The smallest absolute Gasteiger partial charge is 0.161 e. The van der Waals surface area contributed by atoms with Crippen LogP contribution in [-0.4, -0.2) is 25.9 Å². The summed E-state index contributed by atoms with van der Waals surface area (Å²) in [5.74, 6) is 2.36. The Labute approximate surface area is 165 Å². The van der Waals surface area contributed by atoms with Gasteiger partial charge in [-0.2, -0.15) is 5.10 Å². The van der Waals surface area contributed by atoms with Gasteiger partial charge in [-0.05, 0) is 50.5 Å². The van der Waals surface area contributed by atoms with Crippen LogP contribution < -0.4 is 5.32 Å². The van der Waals surface area contributed by atoms with E-state index in [1.807, 2.05) is 6.07 Å². The Bertz CT molecular complexity index is 970. The number of carbonyl (C=O) groups is 1. The molecule has 6 nitrogen and oxygen atoms in total. The third kappa shape index (κ3) is 2.77. The van der Waals surface area contributed by atoms with Gasteiger partial charge in [-0.25, -0.2) is 9.97 Å². The van der Waals surface area contributed by atoms with Crippen molar-refractivity contribution in [1.82, 2.24) is 20.2 Å². The maximum absolute atomic E-state index is 13.3. The highest BCUT2D eigenvalue weighted by molar-refractivity contribution is 5.98. The van der Waals surface area contributed by atoms with Gasteiger partial charge in [0.05, 0.1) is 5.41 Å². The number of H-pyrrole nitrogens is 1. The number of fused-ring (bicyclic) bond motifs is 1. The van der Waals surface area contributed by atoms with Gasteiger partial charge in [0.2, 0.25) is 0 Å².